The van der Waals surface area contributed by atoms with Crippen molar-refractivity contribution in [2.75, 3.05) is 24.5 Å². The lowest BCUT2D eigenvalue weighted by Crippen LogP contribution is -2.38. The van der Waals surface area contributed by atoms with Crippen LogP contribution < -0.4 is 4.90 Å². The summed E-state index contributed by atoms with van der Waals surface area (Å²) in [5.74, 6) is -0.203. The summed E-state index contributed by atoms with van der Waals surface area (Å²) < 4.78 is 0. The molecule has 2 amide bonds. The van der Waals surface area contributed by atoms with Gasteiger partial charge in [0.05, 0.1) is 5.92 Å². The summed E-state index contributed by atoms with van der Waals surface area (Å²) in [4.78, 5) is 28.6. The summed E-state index contributed by atoms with van der Waals surface area (Å²) in [5.41, 5.74) is 0.665. The van der Waals surface area contributed by atoms with Gasteiger partial charge in [0, 0.05) is 41.8 Å². The standard InChI is InChI=1S/C17H20Cl2N2O2/c18-13-8-14(19)10-15(9-13)21-11-12(7-16(21)22)17(23)20-5-3-1-2-4-6-20/h8-10,12H,1-7,11H2. The van der Waals surface area contributed by atoms with Gasteiger partial charge in [-0.1, -0.05) is 36.0 Å². The Morgan fingerprint density at radius 2 is 1.61 bits per heavy atom. The molecule has 0 saturated carbocycles. The number of carbonyl (C=O) groups is 2. The maximum atomic E-state index is 12.7. The molecule has 1 aromatic carbocycles. The molecule has 124 valence electrons. The van der Waals surface area contributed by atoms with Crippen LogP contribution in [0.25, 0.3) is 0 Å². The molecule has 2 heterocycles. The lowest BCUT2D eigenvalue weighted by Gasteiger charge is -2.24. The van der Waals surface area contributed by atoms with Crippen LogP contribution in [0.2, 0.25) is 10.0 Å². The first kappa shape index (κ1) is 16.6. The molecule has 0 radical (unpaired) electrons. The van der Waals surface area contributed by atoms with Crippen molar-refractivity contribution in [1.29, 1.82) is 0 Å². The van der Waals surface area contributed by atoms with Crippen molar-refractivity contribution >= 4 is 40.7 Å². The Morgan fingerprint density at radius 3 is 2.22 bits per heavy atom. The van der Waals surface area contributed by atoms with Gasteiger partial charge in [-0.25, -0.2) is 0 Å². The van der Waals surface area contributed by atoms with Crippen molar-refractivity contribution in [2.45, 2.75) is 32.1 Å². The van der Waals surface area contributed by atoms with Crippen molar-refractivity contribution in [3.05, 3.63) is 28.2 Å². The normalized spacial score (nSPS) is 22.3. The molecule has 1 aromatic rings. The van der Waals surface area contributed by atoms with E-state index in [2.05, 4.69) is 0 Å². The van der Waals surface area contributed by atoms with E-state index in [1.807, 2.05) is 4.90 Å². The number of hydrogen-bond acceptors (Lipinski definition) is 2. The minimum absolute atomic E-state index is 0.0449. The fourth-order valence-corrected chi connectivity index (χ4v) is 3.88. The topological polar surface area (TPSA) is 40.6 Å². The number of nitrogens with zero attached hydrogens (tertiary/aromatic N) is 2. The number of carbonyl (C=O) groups excluding carboxylic acids is 2. The van der Waals surface area contributed by atoms with Crippen molar-refractivity contribution in [1.82, 2.24) is 4.90 Å². The average Bonchev–Trinajstić information content (AvgIpc) is 2.72. The summed E-state index contributed by atoms with van der Waals surface area (Å²) in [6, 6.07) is 5.06. The monoisotopic (exact) mass is 354 g/mol. The molecule has 2 fully saturated rings. The summed E-state index contributed by atoms with van der Waals surface area (Å²) in [6.45, 7) is 2.03. The number of likely N-dealkylation sites (tertiary alicyclic amines) is 1. The average molecular weight is 355 g/mol. The second-order valence-corrected chi connectivity index (χ2v) is 7.15. The highest BCUT2D eigenvalue weighted by atomic mass is 35.5. The van der Waals surface area contributed by atoms with Crippen LogP contribution in [-0.2, 0) is 9.59 Å². The third-order valence-corrected chi connectivity index (χ3v) is 4.99. The lowest BCUT2D eigenvalue weighted by atomic mass is 10.1. The number of benzene rings is 1. The Labute approximate surface area is 146 Å². The van der Waals surface area contributed by atoms with Gasteiger partial charge in [0.25, 0.3) is 0 Å². The maximum absolute atomic E-state index is 12.7. The molecule has 2 saturated heterocycles. The molecule has 1 unspecified atom stereocenters. The molecule has 0 bridgehead atoms. The van der Waals surface area contributed by atoms with E-state index in [0.717, 1.165) is 25.9 Å². The molecule has 0 spiro atoms. The summed E-state index contributed by atoms with van der Waals surface area (Å²) in [6.07, 6.45) is 4.74. The molecule has 0 aliphatic carbocycles. The highest BCUT2D eigenvalue weighted by molar-refractivity contribution is 6.35. The molecule has 0 aromatic heterocycles. The van der Waals surface area contributed by atoms with E-state index in [1.165, 1.54) is 12.8 Å². The molecule has 4 nitrogen and oxygen atoms in total. The minimum atomic E-state index is -0.265. The molecule has 2 aliphatic rings. The van der Waals surface area contributed by atoms with Crippen LogP contribution >= 0.6 is 23.2 Å². The molecule has 6 heteroatoms. The number of rotatable bonds is 2. The van der Waals surface area contributed by atoms with Crippen molar-refractivity contribution in [2.24, 2.45) is 5.92 Å². The van der Waals surface area contributed by atoms with Crippen molar-refractivity contribution in [3.63, 3.8) is 0 Å². The Balaban J connectivity index is 1.72. The van der Waals surface area contributed by atoms with E-state index in [4.69, 9.17) is 23.2 Å². The summed E-state index contributed by atoms with van der Waals surface area (Å²) in [7, 11) is 0. The van der Waals surface area contributed by atoms with Crippen LogP contribution in [0.5, 0.6) is 0 Å². The summed E-state index contributed by atoms with van der Waals surface area (Å²) in [5, 5.41) is 0.977. The fourth-order valence-electron chi connectivity index (χ4n) is 3.37. The largest absolute Gasteiger partial charge is 0.342 e. The van der Waals surface area contributed by atoms with E-state index >= 15 is 0 Å². The van der Waals surface area contributed by atoms with Crippen molar-refractivity contribution < 1.29 is 9.59 Å². The fraction of sp³-hybridized carbons (Fsp3) is 0.529. The minimum Gasteiger partial charge on any atom is -0.342 e. The number of anilines is 1. The maximum Gasteiger partial charge on any atom is 0.228 e. The van der Waals surface area contributed by atoms with Gasteiger partial charge in [0.2, 0.25) is 11.8 Å². The van der Waals surface area contributed by atoms with E-state index < -0.39 is 0 Å². The Morgan fingerprint density at radius 1 is 1.00 bits per heavy atom. The molecule has 23 heavy (non-hydrogen) atoms. The molecule has 2 aliphatic heterocycles. The van der Waals surface area contributed by atoms with Gasteiger partial charge in [0.1, 0.15) is 0 Å². The van der Waals surface area contributed by atoms with Crippen LogP contribution in [0, 0.1) is 5.92 Å². The smallest absolute Gasteiger partial charge is 0.228 e. The zero-order valence-electron chi connectivity index (χ0n) is 12.9. The third-order valence-electron chi connectivity index (χ3n) is 4.55. The van der Waals surface area contributed by atoms with Crippen LogP contribution in [-0.4, -0.2) is 36.3 Å². The number of halogens is 2. The zero-order valence-corrected chi connectivity index (χ0v) is 14.4. The Kier molecular flexibility index (Phi) is 5.12. The zero-order chi connectivity index (χ0) is 16.4. The van der Waals surface area contributed by atoms with Crippen molar-refractivity contribution in [3.8, 4) is 0 Å². The molecular formula is C17H20Cl2N2O2. The predicted molar refractivity (Wildman–Crippen MR) is 92.0 cm³/mol. The van der Waals surface area contributed by atoms with E-state index in [9.17, 15) is 9.59 Å². The van der Waals surface area contributed by atoms with Gasteiger partial charge in [-0.2, -0.15) is 0 Å². The molecule has 0 N–H and O–H groups in total. The number of amides is 2. The van der Waals surface area contributed by atoms with Gasteiger partial charge < -0.3 is 9.80 Å². The Hall–Kier alpha value is -1.26. The third kappa shape index (κ3) is 3.81. The van der Waals surface area contributed by atoms with Crippen LogP contribution in [0.1, 0.15) is 32.1 Å². The SMILES string of the molecule is O=C(C1CC(=O)N(c2cc(Cl)cc(Cl)c2)C1)N1CCCCCC1. The van der Waals surface area contributed by atoms with Crippen LogP contribution in [0.4, 0.5) is 5.69 Å². The van der Waals surface area contributed by atoms with Gasteiger partial charge in [-0.05, 0) is 31.0 Å². The summed E-state index contributed by atoms with van der Waals surface area (Å²) >= 11 is 12.0. The second-order valence-electron chi connectivity index (χ2n) is 6.27. The molecule has 3 rings (SSSR count). The first-order valence-corrected chi connectivity index (χ1v) is 8.85. The van der Waals surface area contributed by atoms with Gasteiger partial charge >= 0.3 is 0 Å². The highest BCUT2D eigenvalue weighted by Crippen LogP contribution is 2.31. The van der Waals surface area contributed by atoms with Gasteiger partial charge in [-0.3, -0.25) is 9.59 Å². The van der Waals surface area contributed by atoms with Gasteiger partial charge in [0.15, 0.2) is 0 Å². The quantitative estimate of drug-likeness (QED) is 0.811. The first-order chi connectivity index (χ1) is 11.0. The lowest BCUT2D eigenvalue weighted by molar-refractivity contribution is -0.135. The van der Waals surface area contributed by atoms with Crippen LogP contribution in [0.3, 0.4) is 0 Å². The highest BCUT2D eigenvalue weighted by Gasteiger charge is 2.37. The second kappa shape index (κ2) is 7.10. The van der Waals surface area contributed by atoms with E-state index in [0.29, 0.717) is 22.3 Å². The molecule has 1 atom stereocenters. The van der Waals surface area contributed by atoms with E-state index in [-0.39, 0.29) is 24.2 Å². The number of hydrogen-bond donors (Lipinski definition) is 0. The first-order valence-electron chi connectivity index (χ1n) is 8.10. The predicted octanol–water partition coefficient (Wildman–Crippen LogP) is 3.75. The van der Waals surface area contributed by atoms with E-state index in [1.54, 1.807) is 23.1 Å². The van der Waals surface area contributed by atoms with Gasteiger partial charge in [-0.15, -0.1) is 0 Å². The van der Waals surface area contributed by atoms with Crippen LogP contribution in [0.15, 0.2) is 18.2 Å². The Bertz CT molecular complexity index is 592. The molecular weight excluding hydrogens is 335 g/mol.